The van der Waals surface area contributed by atoms with Gasteiger partial charge < -0.3 is 9.88 Å². The number of allylic oxidation sites excluding steroid dienone is 1. The van der Waals surface area contributed by atoms with Gasteiger partial charge in [-0.2, -0.15) is 0 Å². The van der Waals surface area contributed by atoms with Crippen molar-refractivity contribution in [2.45, 2.75) is 53.6 Å². The fourth-order valence-electron chi connectivity index (χ4n) is 2.76. The Morgan fingerprint density at radius 1 is 1.24 bits per heavy atom. The molecular weight excluding hydrogens is 256 g/mol. The van der Waals surface area contributed by atoms with Gasteiger partial charge in [-0.15, -0.1) is 0 Å². The maximum atomic E-state index is 4.16. The highest BCUT2D eigenvalue weighted by molar-refractivity contribution is 5.86. The second-order valence-corrected chi connectivity index (χ2v) is 5.93. The van der Waals surface area contributed by atoms with E-state index in [0.717, 1.165) is 26.1 Å². The largest absolute Gasteiger partial charge is 0.341 e. The second-order valence-electron chi connectivity index (χ2n) is 5.93. The minimum atomic E-state index is 0.931. The number of aryl methyl sites for hydroxylation is 1. The Bertz CT molecular complexity index is 635. The van der Waals surface area contributed by atoms with Crippen LogP contribution in [0.25, 0.3) is 10.9 Å². The minimum absolute atomic E-state index is 0.931. The van der Waals surface area contributed by atoms with Crippen LogP contribution in [-0.4, -0.2) is 11.1 Å². The Hall–Kier alpha value is -1.54. The van der Waals surface area contributed by atoms with Gasteiger partial charge in [-0.25, -0.2) is 0 Å². The van der Waals surface area contributed by atoms with Gasteiger partial charge in [-0.1, -0.05) is 32.1 Å². The molecule has 1 aromatic carbocycles. The van der Waals surface area contributed by atoms with Crippen molar-refractivity contribution in [3.8, 4) is 0 Å². The SMILES string of the molecule is C=C(CC)Cn1c(C)c(C)c2cc(CNCCC)ccc21. The van der Waals surface area contributed by atoms with E-state index in [2.05, 4.69) is 62.4 Å². The number of nitrogens with one attached hydrogen (secondary N) is 1. The quantitative estimate of drug-likeness (QED) is 0.575. The lowest BCUT2D eigenvalue weighted by molar-refractivity contribution is 0.676. The fourth-order valence-corrected chi connectivity index (χ4v) is 2.76. The predicted molar refractivity (Wildman–Crippen MR) is 92.8 cm³/mol. The van der Waals surface area contributed by atoms with Crippen LogP contribution in [0.2, 0.25) is 0 Å². The highest BCUT2D eigenvalue weighted by Crippen LogP contribution is 2.27. The van der Waals surface area contributed by atoms with E-state index >= 15 is 0 Å². The van der Waals surface area contributed by atoms with E-state index in [-0.39, 0.29) is 0 Å². The third kappa shape index (κ3) is 3.38. The molecule has 2 heteroatoms. The van der Waals surface area contributed by atoms with Gasteiger partial charge in [0.2, 0.25) is 0 Å². The van der Waals surface area contributed by atoms with Crippen LogP contribution in [-0.2, 0) is 13.1 Å². The number of hydrogen-bond donors (Lipinski definition) is 1. The van der Waals surface area contributed by atoms with E-state index in [9.17, 15) is 0 Å². The first-order valence-corrected chi connectivity index (χ1v) is 8.04. The van der Waals surface area contributed by atoms with Crippen LogP contribution in [0.15, 0.2) is 30.4 Å². The van der Waals surface area contributed by atoms with E-state index in [1.165, 1.54) is 39.7 Å². The van der Waals surface area contributed by atoms with Crippen LogP contribution in [0.1, 0.15) is 43.5 Å². The fraction of sp³-hybridized carbons (Fsp3) is 0.474. The molecule has 0 spiro atoms. The molecule has 2 nitrogen and oxygen atoms in total. The summed E-state index contributed by atoms with van der Waals surface area (Å²) < 4.78 is 2.40. The summed E-state index contributed by atoms with van der Waals surface area (Å²) in [7, 11) is 0. The highest BCUT2D eigenvalue weighted by atomic mass is 15.0. The first kappa shape index (κ1) is 15.8. The van der Waals surface area contributed by atoms with Gasteiger partial charge in [-0.05, 0) is 56.5 Å². The summed E-state index contributed by atoms with van der Waals surface area (Å²) in [5, 5.41) is 4.86. The second kappa shape index (κ2) is 6.95. The lowest BCUT2D eigenvalue weighted by Gasteiger charge is -2.10. The molecule has 2 aromatic rings. The van der Waals surface area contributed by atoms with Crippen molar-refractivity contribution in [2.24, 2.45) is 0 Å². The maximum absolute atomic E-state index is 4.16. The van der Waals surface area contributed by atoms with Gasteiger partial charge >= 0.3 is 0 Å². The van der Waals surface area contributed by atoms with Crippen molar-refractivity contribution >= 4 is 10.9 Å². The Balaban J connectivity index is 2.35. The number of aromatic nitrogens is 1. The summed E-state index contributed by atoms with van der Waals surface area (Å²) in [5.74, 6) is 0. The molecule has 1 aromatic heterocycles. The molecule has 0 saturated carbocycles. The summed E-state index contributed by atoms with van der Waals surface area (Å²) in [5.41, 5.74) is 6.73. The molecule has 0 saturated heterocycles. The topological polar surface area (TPSA) is 17.0 Å². The van der Waals surface area contributed by atoms with Gasteiger partial charge in [0.25, 0.3) is 0 Å². The third-order valence-electron chi connectivity index (χ3n) is 4.34. The summed E-state index contributed by atoms with van der Waals surface area (Å²) in [4.78, 5) is 0. The number of benzene rings is 1. The zero-order valence-corrected chi connectivity index (χ0v) is 13.9. The summed E-state index contributed by atoms with van der Waals surface area (Å²) in [6, 6.07) is 6.85. The molecule has 0 aliphatic rings. The van der Waals surface area contributed by atoms with Gasteiger partial charge in [0.05, 0.1) is 0 Å². The van der Waals surface area contributed by atoms with Crippen molar-refractivity contribution in [3.05, 3.63) is 47.2 Å². The summed E-state index contributed by atoms with van der Waals surface area (Å²) >= 11 is 0. The van der Waals surface area contributed by atoms with Crippen molar-refractivity contribution in [1.29, 1.82) is 0 Å². The molecule has 1 heterocycles. The molecular formula is C19H28N2. The van der Waals surface area contributed by atoms with Crippen molar-refractivity contribution in [2.75, 3.05) is 6.54 Å². The minimum Gasteiger partial charge on any atom is -0.341 e. The Morgan fingerprint density at radius 3 is 2.67 bits per heavy atom. The molecule has 0 aliphatic heterocycles. The van der Waals surface area contributed by atoms with Crippen LogP contribution in [0.3, 0.4) is 0 Å². The summed E-state index contributed by atoms with van der Waals surface area (Å²) in [6.45, 7) is 15.9. The number of fused-ring (bicyclic) bond motifs is 1. The average Bonchev–Trinajstić information content (AvgIpc) is 2.72. The molecule has 0 fully saturated rings. The van der Waals surface area contributed by atoms with Crippen LogP contribution in [0.5, 0.6) is 0 Å². The monoisotopic (exact) mass is 284 g/mol. The van der Waals surface area contributed by atoms with E-state index < -0.39 is 0 Å². The third-order valence-corrected chi connectivity index (χ3v) is 4.34. The van der Waals surface area contributed by atoms with E-state index in [1.54, 1.807) is 0 Å². The first-order chi connectivity index (χ1) is 10.1. The van der Waals surface area contributed by atoms with Crippen molar-refractivity contribution in [1.82, 2.24) is 9.88 Å². The molecule has 2 rings (SSSR count). The molecule has 0 amide bonds. The van der Waals surface area contributed by atoms with E-state index in [1.807, 2.05) is 0 Å². The van der Waals surface area contributed by atoms with Gasteiger partial charge in [0.1, 0.15) is 0 Å². The van der Waals surface area contributed by atoms with Crippen LogP contribution in [0, 0.1) is 13.8 Å². The lowest BCUT2D eigenvalue weighted by atomic mass is 10.1. The Kier molecular flexibility index (Phi) is 5.24. The number of hydrogen-bond acceptors (Lipinski definition) is 1. The smallest absolute Gasteiger partial charge is 0.0488 e. The molecule has 114 valence electrons. The average molecular weight is 284 g/mol. The molecule has 0 unspecified atom stereocenters. The first-order valence-electron chi connectivity index (χ1n) is 8.04. The van der Waals surface area contributed by atoms with Gasteiger partial charge in [0.15, 0.2) is 0 Å². The zero-order valence-electron chi connectivity index (χ0n) is 13.9. The van der Waals surface area contributed by atoms with Crippen LogP contribution < -0.4 is 5.32 Å². The molecule has 0 atom stereocenters. The molecule has 0 aliphatic carbocycles. The van der Waals surface area contributed by atoms with E-state index in [0.29, 0.717) is 0 Å². The van der Waals surface area contributed by atoms with Crippen molar-refractivity contribution < 1.29 is 0 Å². The van der Waals surface area contributed by atoms with Gasteiger partial charge in [-0.3, -0.25) is 0 Å². The Morgan fingerprint density at radius 2 is 2.00 bits per heavy atom. The van der Waals surface area contributed by atoms with Crippen LogP contribution in [0.4, 0.5) is 0 Å². The molecule has 21 heavy (non-hydrogen) atoms. The number of rotatable bonds is 7. The Labute approximate surface area is 128 Å². The zero-order chi connectivity index (χ0) is 15.4. The normalized spacial score (nSPS) is 11.2. The highest BCUT2D eigenvalue weighted by Gasteiger charge is 2.11. The number of nitrogens with zero attached hydrogens (tertiary/aromatic N) is 1. The molecule has 1 N–H and O–H groups in total. The molecule has 0 bridgehead atoms. The van der Waals surface area contributed by atoms with E-state index in [4.69, 9.17) is 0 Å². The summed E-state index contributed by atoms with van der Waals surface area (Å²) in [6.07, 6.45) is 2.22. The lowest BCUT2D eigenvalue weighted by Crippen LogP contribution is -2.13. The van der Waals surface area contributed by atoms with Gasteiger partial charge in [0, 0.05) is 29.7 Å². The standard InChI is InChI=1S/C19H28N2/c1-6-10-20-12-17-8-9-19-18(11-17)15(4)16(5)21(19)13-14(3)7-2/h8-9,11,20H,3,6-7,10,12-13H2,1-2,4-5H3. The van der Waals surface area contributed by atoms with Crippen LogP contribution >= 0.6 is 0 Å². The van der Waals surface area contributed by atoms with Crippen molar-refractivity contribution in [3.63, 3.8) is 0 Å². The maximum Gasteiger partial charge on any atom is 0.0488 e. The predicted octanol–water partition coefficient (Wildman–Crippen LogP) is 4.72. The molecule has 0 radical (unpaired) electrons.